The van der Waals surface area contributed by atoms with Gasteiger partial charge < -0.3 is 14.8 Å². The molecule has 0 saturated carbocycles. The number of nitrogens with zero attached hydrogens (tertiary/aromatic N) is 1. The maximum absolute atomic E-state index is 13.9. The molecule has 1 heterocycles. The van der Waals surface area contributed by atoms with Crippen LogP contribution in [0.4, 0.5) is 10.1 Å². The molecule has 3 aromatic rings. The summed E-state index contributed by atoms with van der Waals surface area (Å²) in [7, 11) is 1.52. The van der Waals surface area contributed by atoms with E-state index in [-0.39, 0.29) is 35.1 Å². The van der Waals surface area contributed by atoms with E-state index in [4.69, 9.17) is 21.1 Å². The van der Waals surface area contributed by atoms with Crippen LogP contribution in [0.15, 0.2) is 54.6 Å². The molecule has 0 aliphatic heterocycles. The molecule has 1 aromatic heterocycles. The Kier molecular flexibility index (Phi) is 6.74. The lowest BCUT2D eigenvalue weighted by Gasteiger charge is -2.13. The van der Waals surface area contributed by atoms with Crippen molar-refractivity contribution in [2.24, 2.45) is 0 Å². The first-order chi connectivity index (χ1) is 14.4. The van der Waals surface area contributed by atoms with Crippen LogP contribution in [0.25, 0.3) is 5.69 Å². The number of esters is 1. The van der Waals surface area contributed by atoms with Gasteiger partial charge in [0, 0.05) is 6.07 Å². The molecule has 0 atom stereocenters. The number of halogens is 2. The van der Waals surface area contributed by atoms with Crippen LogP contribution in [0.1, 0.15) is 23.0 Å². The van der Waals surface area contributed by atoms with Gasteiger partial charge in [-0.2, -0.15) is 0 Å². The Balaban J connectivity index is 1.99. The molecule has 0 aliphatic rings. The van der Waals surface area contributed by atoms with Crippen molar-refractivity contribution in [2.75, 3.05) is 19.0 Å². The molecule has 2 aromatic carbocycles. The number of hydrogen-bond donors (Lipinski definition) is 1. The van der Waals surface area contributed by atoms with E-state index in [1.54, 1.807) is 43.3 Å². The van der Waals surface area contributed by atoms with Gasteiger partial charge in [-0.15, -0.1) is 0 Å². The van der Waals surface area contributed by atoms with E-state index in [9.17, 15) is 14.0 Å². The SMILES string of the molecule is CCOC(=O)c1c(NC(=O)Cc2ccccc2F)cc(Cl)n1-c1cccc(OC)c1. The monoisotopic (exact) mass is 430 g/mol. The second kappa shape index (κ2) is 9.45. The normalized spacial score (nSPS) is 10.5. The molecule has 3 rings (SSSR count). The third kappa shape index (κ3) is 4.63. The van der Waals surface area contributed by atoms with Crippen molar-refractivity contribution >= 4 is 29.2 Å². The molecule has 0 fully saturated rings. The number of carbonyl (C=O) groups is 2. The summed E-state index contributed by atoms with van der Waals surface area (Å²) < 4.78 is 25.7. The number of rotatable bonds is 7. The fourth-order valence-corrected chi connectivity index (χ4v) is 3.28. The van der Waals surface area contributed by atoms with Crippen molar-refractivity contribution < 1.29 is 23.5 Å². The van der Waals surface area contributed by atoms with Crippen molar-refractivity contribution in [1.82, 2.24) is 4.57 Å². The average molecular weight is 431 g/mol. The zero-order valence-electron chi connectivity index (χ0n) is 16.4. The van der Waals surface area contributed by atoms with Crippen molar-refractivity contribution in [2.45, 2.75) is 13.3 Å². The molecule has 0 unspecified atom stereocenters. The first-order valence-corrected chi connectivity index (χ1v) is 9.58. The maximum Gasteiger partial charge on any atom is 0.357 e. The molecule has 0 radical (unpaired) electrons. The van der Waals surface area contributed by atoms with Gasteiger partial charge in [0.1, 0.15) is 16.7 Å². The van der Waals surface area contributed by atoms with E-state index < -0.39 is 17.7 Å². The summed E-state index contributed by atoms with van der Waals surface area (Å²) in [6.07, 6.45) is -0.198. The van der Waals surface area contributed by atoms with Gasteiger partial charge in [0.25, 0.3) is 0 Å². The molecule has 1 N–H and O–H groups in total. The quantitative estimate of drug-likeness (QED) is 0.554. The summed E-state index contributed by atoms with van der Waals surface area (Å²) in [4.78, 5) is 25.2. The minimum atomic E-state index is -0.659. The Bertz CT molecular complexity index is 1080. The lowest BCUT2D eigenvalue weighted by molar-refractivity contribution is -0.115. The Morgan fingerprint density at radius 2 is 1.90 bits per heavy atom. The minimum absolute atomic E-state index is 0.0528. The lowest BCUT2D eigenvalue weighted by atomic mass is 10.1. The number of carbonyl (C=O) groups excluding carboxylic acids is 2. The highest BCUT2D eigenvalue weighted by molar-refractivity contribution is 6.31. The summed E-state index contributed by atoms with van der Waals surface area (Å²) in [5, 5.41) is 2.83. The first kappa shape index (κ1) is 21.4. The first-order valence-electron chi connectivity index (χ1n) is 9.20. The van der Waals surface area contributed by atoms with Gasteiger partial charge in [-0.05, 0) is 36.8 Å². The van der Waals surface area contributed by atoms with Crippen molar-refractivity contribution in [3.05, 3.63) is 76.8 Å². The second-order valence-corrected chi connectivity index (χ2v) is 6.69. The molecular formula is C22H20ClFN2O4. The highest BCUT2D eigenvalue weighted by atomic mass is 35.5. The number of benzene rings is 2. The number of ether oxygens (including phenoxy) is 2. The molecule has 8 heteroatoms. The van der Waals surface area contributed by atoms with Gasteiger partial charge in [-0.3, -0.25) is 9.36 Å². The highest BCUT2D eigenvalue weighted by Crippen LogP contribution is 2.31. The lowest BCUT2D eigenvalue weighted by Crippen LogP contribution is -2.19. The number of aromatic nitrogens is 1. The van der Waals surface area contributed by atoms with E-state index in [1.807, 2.05) is 0 Å². The van der Waals surface area contributed by atoms with Gasteiger partial charge in [0.05, 0.1) is 31.5 Å². The van der Waals surface area contributed by atoms with Crippen LogP contribution in [0, 0.1) is 5.82 Å². The fraction of sp³-hybridized carbons (Fsp3) is 0.182. The maximum atomic E-state index is 13.9. The summed E-state index contributed by atoms with van der Waals surface area (Å²) in [6.45, 7) is 1.82. The van der Waals surface area contributed by atoms with Crippen LogP contribution in [0.3, 0.4) is 0 Å². The van der Waals surface area contributed by atoms with Crippen molar-refractivity contribution in [3.8, 4) is 11.4 Å². The zero-order chi connectivity index (χ0) is 21.7. The summed E-state index contributed by atoms with van der Waals surface area (Å²) in [6, 6.07) is 14.4. The average Bonchev–Trinajstić information content (AvgIpc) is 3.05. The molecule has 6 nitrogen and oxygen atoms in total. The fourth-order valence-electron chi connectivity index (χ4n) is 2.99. The van der Waals surface area contributed by atoms with Crippen LogP contribution in [-0.2, 0) is 16.0 Å². The number of nitrogens with one attached hydrogen (secondary N) is 1. The summed E-state index contributed by atoms with van der Waals surface area (Å²) in [5.41, 5.74) is 1.02. The van der Waals surface area contributed by atoms with Gasteiger partial charge in [0.2, 0.25) is 5.91 Å². The molecule has 1 amide bonds. The number of hydrogen-bond acceptors (Lipinski definition) is 4. The highest BCUT2D eigenvalue weighted by Gasteiger charge is 2.24. The third-order valence-corrected chi connectivity index (χ3v) is 4.60. The van der Waals surface area contributed by atoms with Crippen LogP contribution >= 0.6 is 11.6 Å². The van der Waals surface area contributed by atoms with E-state index in [1.165, 1.54) is 29.9 Å². The number of anilines is 1. The van der Waals surface area contributed by atoms with Gasteiger partial charge in [0.15, 0.2) is 5.69 Å². The molecule has 30 heavy (non-hydrogen) atoms. The smallest absolute Gasteiger partial charge is 0.357 e. The number of amides is 1. The van der Waals surface area contributed by atoms with E-state index >= 15 is 0 Å². The van der Waals surface area contributed by atoms with Crippen molar-refractivity contribution in [1.29, 1.82) is 0 Å². The summed E-state index contributed by atoms with van der Waals surface area (Å²) in [5.74, 6) is -1.07. The molecule has 0 saturated heterocycles. The Morgan fingerprint density at radius 1 is 1.13 bits per heavy atom. The van der Waals surface area contributed by atoms with Crippen LogP contribution in [-0.4, -0.2) is 30.2 Å². The predicted molar refractivity (Wildman–Crippen MR) is 112 cm³/mol. The largest absolute Gasteiger partial charge is 0.497 e. The van der Waals surface area contributed by atoms with Crippen LogP contribution in [0.5, 0.6) is 5.75 Å². The Labute approximate surface area is 178 Å². The Hall–Kier alpha value is -3.32. The Morgan fingerprint density at radius 3 is 2.60 bits per heavy atom. The van der Waals surface area contributed by atoms with E-state index in [0.29, 0.717) is 11.4 Å². The minimum Gasteiger partial charge on any atom is -0.497 e. The van der Waals surface area contributed by atoms with Crippen LogP contribution < -0.4 is 10.1 Å². The van der Waals surface area contributed by atoms with E-state index in [0.717, 1.165) is 0 Å². The molecule has 0 spiro atoms. The molecule has 0 aliphatic carbocycles. The molecule has 156 valence electrons. The van der Waals surface area contributed by atoms with Gasteiger partial charge in [-0.1, -0.05) is 35.9 Å². The molecule has 0 bridgehead atoms. The second-order valence-electron chi connectivity index (χ2n) is 6.30. The molecular weight excluding hydrogens is 411 g/mol. The van der Waals surface area contributed by atoms with Crippen molar-refractivity contribution in [3.63, 3.8) is 0 Å². The third-order valence-electron chi connectivity index (χ3n) is 4.32. The van der Waals surface area contributed by atoms with Gasteiger partial charge >= 0.3 is 5.97 Å². The van der Waals surface area contributed by atoms with Crippen LogP contribution in [0.2, 0.25) is 5.15 Å². The number of methoxy groups -OCH3 is 1. The standard InChI is InChI=1S/C22H20ClFN2O4/c1-3-30-22(28)21-18(25-20(27)11-14-7-4-5-10-17(14)24)13-19(23)26(21)15-8-6-9-16(12-15)29-2/h4-10,12-13H,3,11H2,1-2H3,(H,25,27). The zero-order valence-corrected chi connectivity index (χ0v) is 17.2. The van der Waals surface area contributed by atoms with Gasteiger partial charge in [-0.25, -0.2) is 9.18 Å². The van der Waals surface area contributed by atoms with E-state index in [2.05, 4.69) is 5.32 Å². The predicted octanol–water partition coefficient (Wildman–Crippen LogP) is 4.64. The topological polar surface area (TPSA) is 69.6 Å². The summed E-state index contributed by atoms with van der Waals surface area (Å²) >= 11 is 6.40.